The monoisotopic (exact) mass is 342 g/mol. The number of hydrogen-bond donors (Lipinski definition) is 0. The fraction of sp³-hybridized carbons (Fsp3) is 0.722. The van der Waals surface area contributed by atoms with Crippen LogP contribution in [0.1, 0.15) is 48.0 Å². The minimum absolute atomic E-state index is 0.139. The van der Waals surface area contributed by atoms with Gasteiger partial charge in [0.1, 0.15) is 5.60 Å². The van der Waals surface area contributed by atoms with E-state index in [1.165, 1.54) is 0 Å². The van der Waals surface area contributed by atoms with Crippen molar-refractivity contribution in [1.29, 1.82) is 0 Å². The molecule has 0 aromatic heterocycles. The van der Waals surface area contributed by atoms with E-state index in [1.54, 1.807) is 47.6 Å². The van der Waals surface area contributed by atoms with Crippen molar-refractivity contribution >= 4 is 17.9 Å². The molecular formula is C18H30O6. The maximum Gasteiger partial charge on any atom is 0.320 e. The highest BCUT2D eigenvalue weighted by Crippen LogP contribution is 2.29. The van der Waals surface area contributed by atoms with Crippen molar-refractivity contribution in [3.05, 3.63) is 12.7 Å². The van der Waals surface area contributed by atoms with Gasteiger partial charge in [0.15, 0.2) is 5.92 Å². The van der Waals surface area contributed by atoms with Gasteiger partial charge in [-0.1, -0.05) is 13.0 Å². The van der Waals surface area contributed by atoms with E-state index in [-0.39, 0.29) is 19.6 Å². The van der Waals surface area contributed by atoms with Crippen LogP contribution >= 0.6 is 0 Å². The summed E-state index contributed by atoms with van der Waals surface area (Å²) in [7, 11) is 0. The van der Waals surface area contributed by atoms with Crippen LogP contribution in [0, 0.1) is 17.8 Å². The van der Waals surface area contributed by atoms with E-state index < -0.39 is 41.3 Å². The van der Waals surface area contributed by atoms with Crippen LogP contribution in [0.25, 0.3) is 0 Å². The van der Waals surface area contributed by atoms with E-state index in [0.717, 1.165) is 0 Å². The molecule has 24 heavy (non-hydrogen) atoms. The average Bonchev–Trinajstić information content (AvgIpc) is 2.43. The van der Waals surface area contributed by atoms with Crippen LogP contribution in [-0.4, -0.2) is 36.7 Å². The summed E-state index contributed by atoms with van der Waals surface area (Å²) in [5.41, 5.74) is -0.667. The first-order chi connectivity index (χ1) is 11.1. The Morgan fingerprint density at radius 1 is 1.00 bits per heavy atom. The molecule has 0 N–H and O–H groups in total. The normalized spacial score (nSPS) is 13.8. The van der Waals surface area contributed by atoms with Gasteiger partial charge in [-0.25, -0.2) is 0 Å². The summed E-state index contributed by atoms with van der Waals surface area (Å²) in [5, 5.41) is 0. The smallest absolute Gasteiger partial charge is 0.320 e. The van der Waals surface area contributed by atoms with Crippen molar-refractivity contribution < 1.29 is 28.6 Å². The second kappa shape index (κ2) is 10.1. The van der Waals surface area contributed by atoms with Crippen LogP contribution in [0.5, 0.6) is 0 Å². The number of hydrogen-bond acceptors (Lipinski definition) is 6. The third kappa shape index (κ3) is 7.15. The molecular weight excluding hydrogens is 312 g/mol. The molecule has 0 fully saturated rings. The van der Waals surface area contributed by atoms with Crippen LogP contribution in [0.3, 0.4) is 0 Å². The number of allylic oxidation sites excluding steroid dienone is 1. The summed E-state index contributed by atoms with van der Waals surface area (Å²) in [6, 6.07) is 0. The van der Waals surface area contributed by atoms with Crippen LogP contribution in [0.15, 0.2) is 12.7 Å². The van der Waals surface area contributed by atoms with E-state index in [4.69, 9.17) is 14.2 Å². The van der Waals surface area contributed by atoms with Gasteiger partial charge in [-0.2, -0.15) is 0 Å². The molecule has 0 aliphatic rings. The molecule has 0 aromatic rings. The Kier molecular flexibility index (Phi) is 9.33. The molecule has 0 aliphatic heterocycles. The Bertz CT molecular complexity index is 431. The Morgan fingerprint density at radius 2 is 1.46 bits per heavy atom. The summed E-state index contributed by atoms with van der Waals surface area (Å²) in [5.74, 6) is -4.38. The quantitative estimate of drug-likeness (QED) is 0.277. The lowest BCUT2D eigenvalue weighted by atomic mass is 9.80. The van der Waals surface area contributed by atoms with Crippen LogP contribution in [0.2, 0.25) is 0 Å². The van der Waals surface area contributed by atoms with E-state index in [0.29, 0.717) is 0 Å². The van der Waals surface area contributed by atoms with Crippen molar-refractivity contribution in [1.82, 2.24) is 0 Å². The largest absolute Gasteiger partial charge is 0.465 e. The van der Waals surface area contributed by atoms with Gasteiger partial charge < -0.3 is 14.2 Å². The van der Waals surface area contributed by atoms with Crippen molar-refractivity contribution in [2.24, 2.45) is 17.8 Å². The Morgan fingerprint density at radius 3 is 1.79 bits per heavy atom. The predicted octanol–water partition coefficient (Wildman–Crippen LogP) is 2.90. The number of carbonyl (C=O) groups excluding carboxylic acids is 3. The Balaban J connectivity index is 5.52. The van der Waals surface area contributed by atoms with Gasteiger partial charge in [-0.15, -0.1) is 6.58 Å². The molecule has 0 spiro atoms. The Labute approximate surface area is 144 Å². The lowest BCUT2D eigenvalue weighted by Gasteiger charge is -2.29. The summed E-state index contributed by atoms with van der Waals surface area (Å²) >= 11 is 0. The number of carbonyl (C=O) groups is 3. The van der Waals surface area contributed by atoms with Gasteiger partial charge in [-0.05, 0) is 47.0 Å². The van der Waals surface area contributed by atoms with Crippen molar-refractivity contribution in [2.45, 2.75) is 53.6 Å². The van der Waals surface area contributed by atoms with Gasteiger partial charge in [-0.3, -0.25) is 14.4 Å². The lowest BCUT2D eigenvalue weighted by molar-refractivity contribution is -0.169. The Hall–Kier alpha value is -1.85. The zero-order chi connectivity index (χ0) is 18.9. The fourth-order valence-electron chi connectivity index (χ4n) is 2.30. The van der Waals surface area contributed by atoms with Crippen LogP contribution in [0.4, 0.5) is 0 Å². The van der Waals surface area contributed by atoms with E-state index >= 15 is 0 Å². The minimum atomic E-state index is -1.18. The zero-order valence-electron chi connectivity index (χ0n) is 15.6. The lowest BCUT2D eigenvalue weighted by Crippen LogP contribution is -2.40. The SMILES string of the molecule is C=CC[C@@H](C(=O)OC(C)(C)C)[C@@H](C)C(C(=O)OCC)C(=O)OCC. The van der Waals surface area contributed by atoms with Crippen molar-refractivity contribution in [3.63, 3.8) is 0 Å². The van der Waals surface area contributed by atoms with Gasteiger partial charge in [0.05, 0.1) is 19.1 Å². The first-order valence-corrected chi connectivity index (χ1v) is 8.26. The van der Waals surface area contributed by atoms with Gasteiger partial charge in [0, 0.05) is 0 Å². The summed E-state index contributed by atoms with van der Waals surface area (Å²) in [4.78, 5) is 36.9. The first kappa shape index (κ1) is 22.1. The maximum atomic E-state index is 12.5. The van der Waals surface area contributed by atoms with Crippen LogP contribution < -0.4 is 0 Å². The first-order valence-electron chi connectivity index (χ1n) is 8.26. The molecule has 6 nitrogen and oxygen atoms in total. The summed E-state index contributed by atoms with van der Waals surface area (Å²) < 4.78 is 15.4. The second-order valence-corrected chi connectivity index (χ2v) is 6.51. The predicted molar refractivity (Wildman–Crippen MR) is 90.1 cm³/mol. The summed E-state index contributed by atoms with van der Waals surface area (Å²) in [6.07, 6.45) is 1.85. The third-order valence-electron chi connectivity index (χ3n) is 3.37. The van der Waals surface area contributed by atoms with Crippen molar-refractivity contribution in [3.8, 4) is 0 Å². The topological polar surface area (TPSA) is 78.9 Å². The van der Waals surface area contributed by atoms with Gasteiger partial charge >= 0.3 is 17.9 Å². The van der Waals surface area contributed by atoms with Crippen molar-refractivity contribution in [2.75, 3.05) is 13.2 Å². The molecule has 0 aromatic carbocycles. The van der Waals surface area contributed by atoms with E-state index in [2.05, 4.69) is 6.58 Å². The molecule has 0 heterocycles. The standard InChI is InChI=1S/C18H30O6/c1-8-11-13(15(19)24-18(5,6)7)12(4)14(16(20)22-9-2)17(21)23-10-3/h8,12-14H,1,9-11H2,2-7H3/t12-,13-/m1/s1. The van der Waals surface area contributed by atoms with Gasteiger partial charge in [0.25, 0.3) is 0 Å². The molecule has 0 saturated carbocycles. The number of ether oxygens (including phenoxy) is 3. The molecule has 0 saturated heterocycles. The van der Waals surface area contributed by atoms with E-state index in [1.807, 2.05) is 0 Å². The molecule has 6 heteroatoms. The highest BCUT2D eigenvalue weighted by molar-refractivity contribution is 5.96. The highest BCUT2D eigenvalue weighted by Gasteiger charge is 2.42. The fourth-order valence-corrected chi connectivity index (χ4v) is 2.30. The molecule has 0 aliphatic carbocycles. The molecule has 2 atom stereocenters. The van der Waals surface area contributed by atoms with E-state index in [9.17, 15) is 14.4 Å². The number of esters is 3. The molecule has 0 radical (unpaired) electrons. The maximum absolute atomic E-state index is 12.5. The van der Waals surface area contributed by atoms with Crippen LogP contribution in [-0.2, 0) is 28.6 Å². The molecule has 0 unspecified atom stereocenters. The minimum Gasteiger partial charge on any atom is -0.465 e. The average molecular weight is 342 g/mol. The third-order valence-corrected chi connectivity index (χ3v) is 3.37. The molecule has 0 bridgehead atoms. The summed E-state index contributed by atoms with van der Waals surface area (Å²) in [6.45, 7) is 14.2. The number of rotatable bonds is 9. The molecule has 0 amide bonds. The molecule has 0 rings (SSSR count). The zero-order valence-corrected chi connectivity index (χ0v) is 15.6. The van der Waals surface area contributed by atoms with Gasteiger partial charge in [0.2, 0.25) is 0 Å². The second-order valence-electron chi connectivity index (χ2n) is 6.51. The molecule has 138 valence electrons. The highest BCUT2D eigenvalue weighted by atomic mass is 16.6.